The molecule has 0 amide bonds. The number of fused-ring (bicyclic) bond motifs is 1. The zero-order valence-corrected chi connectivity index (χ0v) is 11.3. The lowest BCUT2D eigenvalue weighted by atomic mass is 9.98. The zero-order valence-electron chi connectivity index (χ0n) is 11.3. The summed E-state index contributed by atoms with van der Waals surface area (Å²) in [5, 5.41) is 0.802. The van der Waals surface area contributed by atoms with Crippen LogP contribution in [0.4, 0.5) is 0 Å². The van der Waals surface area contributed by atoms with Gasteiger partial charge < -0.3 is 9.15 Å². The number of rotatable bonds is 3. The van der Waals surface area contributed by atoms with E-state index in [2.05, 4.69) is 0 Å². The third kappa shape index (κ3) is 2.31. The molecule has 21 heavy (non-hydrogen) atoms. The number of hydrogen-bond donors (Lipinski definition) is 0. The first-order chi connectivity index (χ1) is 10.2. The first-order valence-electron chi connectivity index (χ1n) is 6.44. The number of benzene rings is 2. The van der Waals surface area contributed by atoms with Gasteiger partial charge in [0.1, 0.15) is 11.3 Å². The molecule has 0 bridgehead atoms. The van der Waals surface area contributed by atoms with Gasteiger partial charge in [0.2, 0.25) is 0 Å². The van der Waals surface area contributed by atoms with E-state index in [1.54, 1.807) is 19.1 Å². The Morgan fingerprint density at radius 2 is 1.86 bits per heavy atom. The third-order valence-electron chi connectivity index (χ3n) is 3.35. The van der Waals surface area contributed by atoms with E-state index in [4.69, 9.17) is 9.15 Å². The van der Waals surface area contributed by atoms with Crippen molar-refractivity contribution in [2.24, 2.45) is 0 Å². The maximum atomic E-state index is 12.0. The van der Waals surface area contributed by atoms with E-state index in [0.717, 1.165) is 16.5 Å². The molecule has 104 valence electrons. The molecule has 0 N–H and O–H groups in total. The van der Waals surface area contributed by atoms with E-state index in [1.807, 2.05) is 30.3 Å². The van der Waals surface area contributed by atoms with Gasteiger partial charge in [-0.2, -0.15) is 0 Å². The van der Waals surface area contributed by atoms with Gasteiger partial charge in [-0.1, -0.05) is 30.3 Å². The van der Waals surface area contributed by atoms with Crippen LogP contribution in [0.5, 0.6) is 5.75 Å². The van der Waals surface area contributed by atoms with Gasteiger partial charge in [0.25, 0.3) is 6.47 Å². The van der Waals surface area contributed by atoms with Crippen molar-refractivity contribution < 1.29 is 13.9 Å². The molecule has 4 heteroatoms. The van der Waals surface area contributed by atoms with Crippen molar-refractivity contribution in [3.05, 3.63) is 64.5 Å². The standard InChI is InChI=1S/C17H12O4/c1-11-16(12-5-3-2-4-6-12)14-8-7-13(20-10-18)9-15(14)21-17(11)19/h2-10H,1H3. The van der Waals surface area contributed by atoms with Gasteiger partial charge >= 0.3 is 5.63 Å². The molecule has 1 aromatic heterocycles. The molecule has 3 rings (SSSR count). The lowest BCUT2D eigenvalue weighted by Crippen LogP contribution is -2.05. The topological polar surface area (TPSA) is 56.5 Å². The Hall–Kier alpha value is -2.88. The van der Waals surface area contributed by atoms with E-state index >= 15 is 0 Å². The van der Waals surface area contributed by atoms with Crippen molar-refractivity contribution in [3.8, 4) is 16.9 Å². The average Bonchev–Trinajstić information content (AvgIpc) is 2.50. The fourth-order valence-corrected chi connectivity index (χ4v) is 2.38. The molecule has 0 unspecified atom stereocenters. The predicted molar refractivity (Wildman–Crippen MR) is 79.3 cm³/mol. The molecule has 0 radical (unpaired) electrons. The minimum atomic E-state index is -0.399. The molecule has 0 aliphatic carbocycles. The summed E-state index contributed by atoms with van der Waals surface area (Å²) in [6.45, 7) is 2.08. The fraction of sp³-hybridized carbons (Fsp3) is 0.0588. The summed E-state index contributed by atoms with van der Waals surface area (Å²) in [6.07, 6.45) is 0. The van der Waals surface area contributed by atoms with Crippen molar-refractivity contribution >= 4 is 17.4 Å². The Balaban J connectivity index is 2.35. The monoisotopic (exact) mass is 280 g/mol. The minimum Gasteiger partial charge on any atom is -0.429 e. The summed E-state index contributed by atoms with van der Waals surface area (Å²) in [5.41, 5.74) is 2.32. The fourth-order valence-electron chi connectivity index (χ4n) is 2.38. The lowest BCUT2D eigenvalue weighted by molar-refractivity contribution is -0.120. The molecular weight excluding hydrogens is 268 g/mol. The summed E-state index contributed by atoms with van der Waals surface area (Å²) in [6, 6.07) is 14.6. The van der Waals surface area contributed by atoms with E-state index in [1.165, 1.54) is 6.07 Å². The van der Waals surface area contributed by atoms with Crippen LogP contribution in [0.3, 0.4) is 0 Å². The summed E-state index contributed by atoms with van der Waals surface area (Å²) in [5.74, 6) is 0.337. The Morgan fingerprint density at radius 1 is 1.10 bits per heavy atom. The van der Waals surface area contributed by atoms with E-state index in [0.29, 0.717) is 23.4 Å². The first kappa shape index (κ1) is 13.1. The summed E-state index contributed by atoms with van der Waals surface area (Å²) >= 11 is 0. The maximum Gasteiger partial charge on any atom is 0.339 e. The molecule has 1 heterocycles. The Morgan fingerprint density at radius 3 is 2.57 bits per heavy atom. The van der Waals surface area contributed by atoms with Crippen molar-refractivity contribution in [2.75, 3.05) is 0 Å². The second-order valence-corrected chi connectivity index (χ2v) is 4.63. The van der Waals surface area contributed by atoms with Crippen molar-refractivity contribution in [2.45, 2.75) is 6.92 Å². The highest BCUT2D eigenvalue weighted by Crippen LogP contribution is 2.31. The largest absolute Gasteiger partial charge is 0.429 e. The summed E-state index contributed by atoms with van der Waals surface area (Å²) < 4.78 is 10.1. The molecule has 2 aromatic carbocycles. The van der Waals surface area contributed by atoms with Crippen LogP contribution in [0.25, 0.3) is 22.1 Å². The molecule has 0 fully saturated rings. The molecule has 0 saturated heterocycles. The van der Waals surface area contributed by atoms with E-state index in [9.17, 15) is 9.59 Å². The van der Waals surface area contributed by atoms with E-state index < -0.39 is 5.63 Å². The molecular formula is C17H12O4. The summed E-state index contributed by atoms with van der Waals surface area (Å²) in [7, 11) is 0. The van der Waals surface area contributed by atoms with Crippen LogP contribution in [0.1, 0.15) is 5.56 Å². The van der Waals surface area contributed by atoms with Gasteiger partial charge in [-0.3, -0.25) is 4.79 Å². The molecule has 0 spiro atoms. The van der Waals surface area contributed by atoms with Crippen LogP contribution in [-0.4, -0.2) is 6.47 Å². The van der Waals surface area contributed by atoms with Gasteiger partial charge in [0, 0.05) is 22.6 Å². The van der Waals surface area contributed by atoms with Crippen LogP contribution in [0.15, 0.2) is 57.7 Å². The Labute approximate surface area is 120 Å². The first-order valence-corrected chi connectivity index (χ1v) is 6.44. The molecule has 0 saturated carbocycles. The SMILES string of the molecule is Cc1c(-c2ccccc2)c2ccc(OC=O)cc2oc1=O. The predicted octanol–water partition coefficient (Wildman–Crippen LogP) is 3.30. The number of carbonyl (C=O) groups excluding carboxylic acids is 1. The van der Waals surface area contributed by atoms with E-state index in [-0.39, 0.29) is 0 Å². The second kappa shape index (κ2) is 5.25. The smallest absolute Gasteiger partial charge is 0.339 e. The van der Waals surface area contributed by atoms with Crippen LogP contribution in [0.2, 0.25) is 0 Å². The normalized spacial score (nSPS) is 10.5. The zero-order chi connectivity index (χ0) is 14.8. The highest BCUT2D eigenvalue weighted by Gasteiger charge is 2.13. The molecule has 4 nitrogen and oxygen atoms in total. The number of ether oxygens (including phenoxy) is 1. The number of carbonyl (C=O) groups is 1. The molecule has 0 aliphatic heterocycles. The van der Waals surface area contributed by atoms with Gasteiger partial charge in [-0.15, -0.1) is 0 Å². The minimum absolute atomic E-state index is 0.337. The average molecular weight is 280 g/mol. The van der Waals surface area contributed by atoms with Crippen LogP contribution < -0.4 is 10.4 Å². The van der Waals surface area contributed by atoms with Crippen molar-refractivity contribution in [1.82, 2.24) is 0 Å². The van der Waals surface area contributed by atoms with Crippen LogP contribution in [0, 0.1) is 6.92 Å². The highest BCUT2D eigenvalue weighted by molar-refractivity contribution is 5.95. The van der Waals surface area contributed by atoms with Gasteiger partial charge in [-0.05, 0) is 24.6 Å². The molecule has 0 atom stereocenters. The highest BCUT2D eigenvalue weighted by atomic mass is 16.5. The Kier molecular flexibility index (Phi) is 3.28. The summed E-state index contributed by atoms with van der Waals surface area (Å²) in [4.78, 5) is 22.4. The van der Waals surface area contributed by atoms with Gasteiger partial charge in [0.05, 0.1) is 0 Å². The number of hydrogen-bond acceptors (Lipinski definition) is 4. The van der Waals surface area contributed by atoms with Gasteiger partial charge in [0.15, 0.2) is 0 Å². The van der Waals surface area contributed by atoms with Crippen molar-refractivity contribution in [1.29, 1.82) is 0 Å². The van der Waals surface area contributed by atoms with Crippen LogP contribution >= 0.6 is 0 Å². The third-order valence-corrected chi connectivity index (χ3v) is 3.35. The molecule has 3 aromatic rings. The lowest BCUT2D eigenvalue weighted by Gasteiger charge is -2.09. The van der Waals surface area contributed by atoms with Gasteiger partial charge in [-0.25, -0.2) is 4.79 Å². The molecule has 0 aliphatic rings. The van der Waals surface area contributed by atoms with Crippen LogP contribution in [-0.2, 0) is 4.79 Å². The second-order valence-electron chi connectivity index (χ2n) is 4.63. The van der Waals surface area contributed by atoms with Crippen molar-refractivity contribution in [3.63, 3.8) is 0 Å². The quantitative estimate of drug-likeness (QED) is 0.545. The Bertz CT molecular complexity index is 863. The maximum absolute atomic E-state index is 12.0.